The fraction of sp³-hybridized carbons (Fsp3) is 0.800. The minimum Gasteiger partial charge on any atom is -0.691 e. The van der Waals surface area contributed by atoms with Crippen molar-refractivity contribution in [2.24, 2.45) is 17.8 Å². The number of ether oxygens (including phenoxy) is 2. The number of carbonyl (C=O) groups excluding carboxylic acids is 3. The molecule has 0 radical (unpaired) electrons. The minimum absolute atomic E-state index is 0.138. The van der Waals surface area contributed by atoms with Crippen LogP contribution in [-0.4, -0.2) is 41.1 Å². The lowest BCUT2D eigenvalue weighted by Crippen LogP contribution is -2.57. The third-order valence-electron chi connectivity index (χ3n) is 5.39. The summed E-state index contributed by atoms with van der Waals surface area (Å²) in [5.41, 5.74) is -0.918. The van der Waals surface area contributed by atoms with Gasteiger partial charge in [0.05, 0.1) is 12.0 Å². The molecule has 28 heavy (non-hydrogen) atoms. The standard InChI is InChI=1S/C15H16F4O8S/c16-14(15(17,18)19,28-27-26-23)12(22)24-6-10(20)25-13-3-7-1-8(4-13)11(21)9(2-7)5-13/h7-9,23H,1-6H2/p-1. The summed E-state index contributed by atoms with van der Waals surface area (Å²) in [7, 11) is 0. The molecule has 4 bridgehead atoms. The van der Waals surface area contributed by atoms with E-state index in [1.165, 1.54) is 0 Å². The molecule has 4 fully saturated rings. The van der Waals surface area contributed by atoms with Crippen LogP contribution in [0.1, 0.15) is 32.1 Å². The molecule has 158 valence electrons. The van der Waals surface area contributed by atoms with Gasteiger partial charge in [-0.2, -0.15) is 17.5 Å². The first kappa shape index (κ1) is 21.3. The lowest BCUT2D eigenvalue weighted by molar-refractivity contribution is -0.777. The van der Waals surface area contributed by atoms with Gasteiger partial charge < -0.3 is 14.7 Å². The van der Waals surface area contributed by atoms with Crippen LogP contribution >= 0.6 is 12.0 Å². The zero-order chi connectivity index (χ0) is 20.7. The zero-order valence-electron chi connectivity index (χ0n) is 14.2. The molecular weight excluding hydrogens is 416 g/mol. The highest BCUT2D eigenvalue weighted by atomic mass is 32.2. The van der Waals surface area contributed by atoms with Gasteiger partial charge in [-0.1, -0.05) is 0 Å². The Morgan fingerprint density at radius 1 is 1.14 bits per heavy atom. The molecule has 13 heteroatoms. The normalized spacial score (nSPS) is 33.5. The second kappa shape index (κ2) is 7.43. The SMILES string of the molecule is O=C(COC(=O)C(F)(SOO[O-])C(F)(F)F)OC12CC3CC(C1)C(=O)C(C3)C2. The number of halogens is 4. The summed E-state index contributed by atoms with van der Waals surface area (Å²) < 4.78 is 64.9. The van der Waals surface area contributed by atoms with Crippen LogP contribution in [0.25, 0.3) is 0 Å². The molecule has 0 aromatic rings. The van der Waals surface area contributed by atoms with E-state index in [0.717, 1.165) is 12.8 Å². The summed E-state index contributed by atoms with van der Waals surface area (Å²) >= 11 is -1.24. The molecule has 0 N–H and O–H groups in total. The molecule has 0 amide bonds. The van der Waals surface area contributed by atoms with E-state index < -0.39 is 47.4 Å². The van der Waals surface area contributed by atoms with E-state index in [1.807, 2.05) is 0 Å². The maximum Gasteiger partial charge on any atom is 0.446 e. The fourth-order valence-electron chi connectivity index (χ4n) is 4.55. The molecule has 4 aliphatic carbocycles. The van der Waals surface area contributed by atoms with Crippen LogP contribution in [-0.2, 0) is 33.2 Å². The van der Waals surface area contributed by atoms with E-state index in [2.05, 4.69) is 14.1 Å². The Morgan fingerprint density at radius 2 is 1.75 bits per heavy atom. The molecule has 3 atom stereocenters. The van der Waals surface area contributed by atoms with Gasteiger partial charge in [0.2, 0.25) is 0 Å². The van der Waals surface area contributed by atoms with Gasteiger partial charge in [-0.3, -0.25) is 9.83 Å². The topological polar surface area (TPSA) is 111 Å². The Balaban J connectivity index is 1.58. The maximum absolute atomic E-state index is 13.9. The first-order chi connectivity index (χ1) is 13.0. The summed E-state index contributed by atoms with van der Waals surface area (Å²) in [6.07, 6.45) is -3.21. The first-order valence-corrected chi connectivity index (χ1v) is 9.06. The van der Waals surface area contributed by atoms with Gasteiger partial charge >= 0.3 is 23.1 Å². The summed E-state index contributed by atoms with van der Waals surface area (Å²) in [6, 6.07) is 0. The van der Waals surface area contributed by atoms with E-state index in [4.69, 9.17) is 4.74 Å². The number of carbonyl (C=O) groups is 3. The molecule has 3 unspecified atom stereocenters. The maximum atomic E-state index is 13.9. The molecule has 0 aromatic heterocycles. The Labute approximate surface area is 159 Å². The van der Waals surface area contributed by atoms with Gasteiger partial charge in [0.1, 0.15) is 11.4 Å². The molecule has 4 aliphatic rings. The lowest BCUT2D eigenvalue weighted by atomic mass is 9.53. The number of Topliss-reactive ketones (excluding diaryl/α,β-unsaturated/α-hetero) is 1. The Kier molecular flexibility index (Phi) is 5.64. The van der Waals surface area contributed by atoms with Crippen LogP contribution in [0, 0.1) is 17.8 Å². The number of alkyl halides is 4. The molecule has 0 heterocycles. The Hall–Kier alpha value is -1.44. The summed E-state index contributed by atoms with van der Waals surface area (Å²) in [5, 5.41) is 7.49. The molecular formula is C15H15F4O8S-. The quantitative estimate of drug-likeness (QED) is 0.194. The van der Waals surface area contributed by atoms with Gasteiger partial charge in [0.15, 0.2) is 6.61 Å². The summed E-state index contributed by atoms with van der Waals surface area (Å²) in [4.78, 5) is 35.6. The van der Waals surface area contributed by atoms with Crippen molar-refractivity contribution in [3.8, 4) is 0 Å². The predicted molar refractivity (Wildman–Crippen MR) is 78.0 cm³/mol. The van der Waals surface area contributed by atoms with Crippen LogP contribution in [0.3, 0.4) is 0 Å². The molecule has 4 rings (SSSR count). The number of rotatable bonds is 7. The van der Waals surface area contributed by atoms with Crippen molar-refractivity contribution < 1.29 is 56.0 Å². The minimum atomic E-state index is -5.81. The molecule has 0 aromatic carbocycles. The third kappa shape index (κ3) is 3.84. The number of ketones is 1. The monoisotopic (exact) mass is 431 g/mol. The highest BCUT2D eigenvalue weighted by Crippen LogP contribution is 2.55. The van der Waals surface area contributed by atoms with Gasteiger partial charge in [0, 0.05) is 11.8 Å². The van der Waals surface area contributed by atoms with Gasteiger partial charge in [0.25, 0.3) is 0 Å². The molecule has 0 spiro atoms. The summed E-state index contributed by atoms with van der Waals surface area (Å²) in [6.45, 7) is -1.27. The predicted octanol–water partition coefficient (Wildman–Crippen LogP) is 1.32. The van der Waals surface area contributed by atoms with Crippen molar-refractivity contribution in [3.05, 3.63) is 0 Å². The van der Waals surface area contributed by atoms with Gasteiger partial charge in [-0.05, 0) is 38.0 Å². The van der Waals surface area contributed by atoms with E-state index in [-0.39, 0.29) is 23.5 Å². The molecule has 4 saturated carbocycles. The Bertz CT molecular complexity index is 653. The van der Waals surface area contributed by atoms with E-state index in [9.17, 15) is 37.2 Å². The van der Waals surface area contributed by atoms with Crippen molar-refractivity contribution in [2.45, 2.75) is 48.9 Å². The number of hydrogen-bond acceptors (Lipinski definition) is 9. The number of hydrogen-bond donors (Lipinski definition) is 0. The fourth-order valence-corrected chi connectivity index (χ4v) is 4.89. The van der Waals surface area contributed by atoms with Crippen LogP contribution in [0.2, 0.25) is 0 Å². The molecule has 8 nitrogen and oxygen atoms in total. The third-order valence-corrected chi connectivity index (χ3v) is 6.14. The van der Waals surface area contributed by atoms with E-state index >= 15 is 0 Å². The van der Waals surface area contributed by atoms with Crippen LogP contribution in [0.15, 0.2) is 0 Å². The number of esters is 2. The molecule has 0 aliphatic heterocycles. The zero-order valence-corrected chi connectivity index (χ0v) is 15.0. The van der Waals surface area contributed by atoms with Gasteiger partial charge in [-0.25, -0.2) is 14.0 Å². The second-order valence-electron chi connectivity index (χ2n) is 7.29. The van der Waals surface area contributed by atoms with E-state index in [0.29, 0.717) is 19.3 Å². The summed E-state index contributed by atoms with van der Waals surface area (Å²) in [5.74, 6) is -3.73. The van der Waals surface area contributed by atoms with Crippen LogP contribution < -0.4 is 5.26 Å². The van der Waals surface area contributed by atoms with Crippen molar-refractivity contribution in [1.29, 1.82) is 0 Å². The highest BCUT2D eigenvalue weighted by molar-refractivity contribution is 7.96. The largest absolute Gasteiger partial charge is 0.691 e. The lowest BCUT2D eigenvalue weighted by Gasteiger charge is -2.54. The Morgan fingerprint density at radius 3 is 2.29 bits per heavy atom. The second-order valence-corrected chi connectivity index (χ2v) is 8.16. The van der Waals surface area contributed by atoms with Crippen LogP contribution in [0.4, 0.5) is 17.6 Å². The van der Waals surface area contributed by atoms with E-state index in [1.54, 1.807) is 0 Å². The van der Waals surface area contributed by atoms with Crippen molar-refractivity contribution in [3.63, 3.8) is 0 Å². The van der Waals surface area contributed by atoms with Crippen molar-refractivity contribution in [1.82, 2.24) is 0 Å². The van der Waals surface area contributed by atoms with Crippen LogP contribution in [0.5, 0.6) is 0 Å². The average molecular weight is 431 g/mol. The van der Waals surface area contributed by atoms with Crippen molar-refractivity contribution >= 4 is 29.8 Å². The first-order valence-electron chi connectivity index (χ1n) is 8.32. The van der Waals surface area contributed by atoms with Gasteiger partial charge in [-0.15, -0.1) is 0 Å². The van der Waals surface area contributed by atoms with Crippen molar-refractivity contribution in [2.75, 3.05) is 6.61 Å². The molecule has 0 saturated heterocycles. The highest BCUT2D eigenvalue weighted by Gasteiger charge is 2.66. The average Bonchev–Trinajstić information content (AvgIpc) is 2.60. The smallest absolute Gasteiger partial charge is 0.446 e.